The topological polar surface area (TPSA) is 105 Å². The molecule has 8 nitrogen and oxygen atoms in total. The normalized spacial score (nSPS) is 14.4. The molecule has 69 heavy (non-hydrogen) atoms. The van der Waals surface area contributed by atoms with Crippen molar-refractivity contribution >= 4 is 13.7 Å². The SMILES string of the molecule is CC/C=C\C/C=C\C/C=C\C/C=C\CCCCCCCCCCCCC(=O)NC(COP(=O)(O)OCC[N+](C)(C)C)C(O)/C=C/CCCCCCCCCCCCCCCCCCCCCCCC. The molecule has 0 heterocycles. The summed E-state index contributed by atoms with van der Waals surface area (Å²) in [6.07, 6.45) is 68.9. The summed E-state index contributed by atoms with van der Waals surface area (Å²) in [5.41, 5.74) is 0. The number of nitrogens with zero attached hydrogens (tertiary/aromatic N) is 1. The van der Waals surface area contributed by atoms with Crippen LogP contribution in [0.4, 0.5) is 0 Å². The Balaban J connectivity index is 4.22. The number of aliphatic hydroxyl groups excluding tert-OH is 1. The molecule has 404 valence electrons. The van der Waals surface area contributed by atoms with Crippen LogP contribution in [0.3, 0.4) is 0 Å². The van der Waals surface area contributed by atoms with E-state index in [1.54, 1.807) is 6.08 Å². The number of unbranched alkanes of at least 4 members (excludes halogenated alkanes) is 32. The van der Waals surface area contributed by atoms with E-state index in [1.165, 1.54) is 180 Å². The molecular formula is C60H114N2O6P+. The van der Waals surface area contributed by atoms with Gasteiger partial charge in [0.05, 0.1) is 39.9 Å². The summed E-state index contributed by atoms with van der Waals surface area (Å²) in [5.74, 6) is -0.181. The van der Waals surface area contributed by atoms with E-state index in [1.807, 2.05) is 27.2 Å². The summed E-state index contributed by atoms with van der Waals surface area (Å²) in [4.78, 5) is 23.3. The molecule has 3 N–H and O–H groups in total. The lowest BCUT2D eigenvalue weighted by Crippen LogP contribution is -2.45. The van der Waals surface area contributed by atoms with Gasteiger partial charge in [-0.1, -0.05) is 261 Å². The van der Waals surface area contributed by atoms with Crippen LogP contribution in [0.25, 0.3) is 0 Å². The molecule has 0 aromatic heterocycles. The van der Waals surface area contributed by atoms with Gasteiger partial charge < -0.3 is 19.8 Å². The van der Waals surface area contributed by atoms with Crippen molar-refractivity contribution in [3.8, 4) is 0 Å². The molecule has 0 fully saturated rings. The number of phosphoric acid groups is 1. The first-order chi connectivity index (χ1) is 33.5. The van der Waals surface area contributed by atoms with Gasteiger partial charge in [-0.25, -0.2) is 4.57 Å². The lowest BCUT2D eigenvalue weighted by atomic mass is 10.0. The van der Waals surface area contributed by atoms with Crippen LogP contribution in [-0.4, -0.2) is 73.4 Å². The van der Waals surface area contributed by atoms with Gasteiger partial charge in [0.1, 0.15) is 13.2 Å². The van der Waals surface area contributed by atoms with E-state index in [-0.39, 0.29) is 19.1 Å². The number of aliphatic hydroxyl groups is 1. The Morgan fingerprint density at radius 2 is 0.870 bits per heavy atom. The predicted octanol–water partition coefficient (Wildman–Crippen LogP) is 17.7. The molecule has 0 aromatic rings. The van der Waals surface area contributed by atoms with Gasteiger partial charge in [0.2, 0.25) is 5.91 Å². The number of allylic oxidation sites excluding steroid dienone is 9. The fraction of sp³-hybridized carbons (Fsp3) is 0.817. The molecule has 1 amide bonds. The van der Waals surface area contributed by atoms with Crippen LogP contribution < -0.4 is 5.32 Å². The van der Waals surface area contributed by atoms with Crippen LogP contribution in [0.5, 0.6) is 0 Å². The van der Waals surface area contributed by atoms with Crippen LogP contribution >= 0.6 is 7.82 Å². The van der Waals surface area contributed by atoms with Gasteiger partial charge in [-0.2, -0.15) is 0 Å². The molecule has 0 rings (SSSR count). The van der Waals surface area contributed by atoms with Crippen LogP contribution in [0.1, 0.15) is 264 Å². The Bertz CT molecular complexity index is 1310. The Morgan fingerprint density at radius 1 is 0.507 bits per heavy atom. The van der Waals surface area contributed by atoms with Gasteiger partial charge in [-0.3, -0.25) is 13.8 Å². The average molecular weight is 991 g/mol. The summed E-state index contributed by atoms with van der Waals surface area (Å²) >= 11 is 0. The monoisotopic (exact) mass is 990 g/mol. The molecule has 0 saturated carbocycles. The van der Waals surface area contributed by atoms with E-state index < -0.39 is 20.0 Å². The number of likely N-dealkylation sites (N-methyl/N-ethyl adjacent to an activating group) is 1. The minimum Gasteiger partial charge on any atom is -0.387 e. The van der Waals surface area contributed by atoms with Crippen molar-refractivity contribution in [2.75, 3.05) is 40.9 Å². The third kappa shape index (κ3) is 53.8. The maximum atomic E-state index is 13.0. The number of amides is 1. The highest BCUT2D eigenvalue weighted by Gasteiger charge is 2.27. The number of carbonyl (C=O) groups is 1. The number of quaternary nitrogens is 1. The first-order valence-corrected chi connectivity index (χ1v) is 30.7. The lowest BCUT2D eigenvalue weighted by molar-refractivity contribution is -0.870. The predicted molar refractivity (Wildman–Crippen MR) is 300 cm³/mol. The lowest BCUT2D eigenvalue weighted by Gasteiger charge is -2.25. The second-order valence-corrected chi connectivity index (χ2v) is 22.4. The van der Waals surface area contributed by atoms with Crippen molar-refractivity contribution in [2.45, 2.75) is 276 Å². The van der Waals surface area contributed by atoms with Crippen molar-refractivity contribution in [1.29, 1.82) is 0 Å². The van der Waals surface area contributed by atoms with Crippen molar-refractivity contribution in [1.82, 2.24) is 5.32 Å². The molecule has 0 aliphatic heterocycles. The summed E-state index contributed by atoms with van der Waals surface area (Å²) in [5, 5.41) is 14.0. The van der Waals surface area contributed by atoms with Gasteiger partial charge in [-0.05, 0) is 57.8 Å². The number of nitrogens with one attached hydrogen (secondary N) is 1. The molecule has 3 unspecified atom stereocenters. The zero-order valence-electron chi connectivity index (χ0n) is 46.0. The fourth-order valence-corrected chi connectivity index (χ4v) is 9.18. The van der Waals surface area contributed by atoms with Crippen molar-refractivity contribution in [3.63, 3.8) is 0 Å². The maximum absolute atomic E-state index is 13.0. The number of hydrogen-bond donors (Lipinski definition) is 3. The van der Waals surface area contributed by atoms with E-state index >= 15 is 0 Å². The van der Waals surface area contributed by atoms with E-state index in [2.05, 4.69) is 67.8 Å². The number of hydrogen-bond acceptors (Lipinski definition) is 5. The molecule has 0 aliphatic carbocycles. The zero-order chi connectivity index (χ0) is 50.6. The maximum Gasteiger partial charge on any atom is 0.472 e. The Labute approximate surface area is 428 Å². The molecule has 0 saturated heterocycles. The van der Waals surface area contributed by atoms with Crippen LogP contribution in [0, 0.1) is 0 Å². The average Bonchev–Trinajstić information content (AvgIpc) is 3.31. The van der Waals surface area contributed by atoms with E-state index in [9.17, 15) is 19.4 Å². The molecule has 0 aliphatic rings. The minimum atomic E-state index is -4.35. The van der Waals surface area contributed by atoms with Gasteiger partial charge in [0, 0.05) is 6.42 Å². The summed E-state index contributed by atoms with van der Waals surface area (Å²) < 4.78 is 23.7. The standard InChI is InChI=1S/C60H113N2O6P/c1-6-8-10-12-14-16-18-20-22-24-26-28-30-32-33-35-37-39-41-43-45-47-49-51-53-59(63)58(57-68-69(65,66)67-56-55-62(3,4)5)61-60(64)54-52-50-48-46-44-42-40-38-36-34-31-29-27-25-23-21-19-17-15-13-11-9-7-2/h9,11,15,17,21,23,27,29,51,53,58-59,63H,6-8,10,12-14,16,18-20,22,24-26,28,30-50,52,54-57H2,1-5H3,(H-,61,64,65,66)/p+1/b11-9-,17-15-,23-21-,29-27-,53-51+. The minimum absolute atomic E-state index is 0.0591. The summed E-state index contributed by atoms with van der Waals surface area (Å²) in [6, 6.07) is -0.852. The van der Waals surface area contributed by atoms with Gasteiger partial charge in [-0.15, -0.1) is 0 Å². The second-order valence-electron chi connectivity index (χ2n) is 21.0. The van der Waals surface area contributed by atoms with Gasteiger partial charge in [0.15, 0.2) is 0 Å². The van der Waals surface area contributed by atoms with Crippen molar-refractivity contribution < 1.29 is 32.9 Å². The molecule has 0 aromatic carbocycles. The number of carbonyl (C=O) groups excluding carboxylic acids is 1. The van der Waals surface area contributed by atoms with Gasteiger partial charge in [0.25, 0.3) is 0 Å². The zero-order valence-corrected chi connectivity index (χ0v) is 46.9. The highest BCUT2D eigenvalue weighted by Crippen LogP contribution is 2.43. The highest BCUT2D eigenvalue weighted by molar-refractivity contribution is 7.47. The van der Waals surface area contributed by atoms with E-state index in [0.29, 0.717) is 17.4 Å². The molecule has 0 bridgehead atoms. The first kappa shape index (κ1) is 67.2. The van der Waals surface area contributed by atoms with E-state index in [0.717, 1.165) is 64.2 Å². The summed E-state index contributed by atoms with van der Waals surface area (Å²) in [7, 11) is 1.57. The molecule has 0 radical (unpaired) electrons. The van der Waals surface area contributed by atoms with Gasteiger partial charge >= 0.3 is 7.82 Å². The number of phosphoric ester groups is 1. The Morgan fingerprint density at radius 3 is 1.28 bits per heavy atom. The Hall–Kier alpha value is -1.80. The molecular weight excluding hydrogens is 876 g/mol. The van der Waals surface area contributed by atoms with Crippen LogP contribution in [0.15, 0.2) is 60.8 Å². The van der Waals surface area contributed by atoms with Crippen LogP contribution in [0.2, 0.25) is 0 Å². The summed E-state index contributed by atoms with van der Waals surface area (Å²) in [6.45, 7) is 4.73. The van der Waals surface area contributed by atoms with Crippen molar-refractivity contribution in [2.24, 2.45) is 0 Å². The third-order valence-electron chi connectivity index (χ3n) is 13.0. The highest BCUT2D eigenvalue weighted by atomic mass is 31.2. The molecule has 9 heteroatoms. The van der Waals surface area contributed by atoms with Crippen molar-refractivity contribution in [3.05, 3.63) is 60.8 Å². The smallest absolute Gasteiger partial charge is 0.387 e. The third-order valence-corrected chi connectivity index (χ3v) is 14.0. The molecule has 0 spiro atoms. The molecule has 3 atom stereocenters. The Kier molecular flexibility index (Phi) is 49.8. The van der Waals surface area contributed by atoms with Crippen LogP contribution in [-0.2, 0) is 18.4 Å². The van der Waals surface area contributed by atoms with E-state index in [4.69, 9.17) is 9.05 Å². The quantitative estimate of drug-likeness (QED) is 0.0243. The second kappa shape index (κ2) is 51.1. The first-order valence-electron chi connectivity index (χ1n) is 29.2. The number of rotatable bonds is 53. The largest absolute Gasteiger partial charge is 0.472 e. The fourth-order valence-electron chi connectivity index (χ4n) is 8.45.